The molecule has 0 saturated heterocycles. The summed E-state index contributed by atoms with van der Waals surface area (Å²) in [6, 6.07) is 9.55. The molecule has 0 amide bonds. The summed E-state index contributed by atoms with van der Waals surface area (Å²) in [4.78, 5) is 2.19. The van der Waals surface area contributed by atoms with Crippen LogP contribution in [0.4, 0.5) is 0 Å². The maximum atomic E-state index is 3.48. The highest BCUT2D eigenvalue weighted by molar-refractivity contribution is 5.25. The first-order chi connectivity index (χ1) is 7.99. The Kier molecular flexibility index (Phi) is 5.66. The number of rotatable bonds is 6. The predicted molar refractivity (Wildman–Crippen MR) is 75.4 cm³/mol. The second kappa shape index (κ2) is 6.77. The molecule has 0 aliphatic heterocycles. The first kappa shape index (κ1) is 14.2. The van der Waals surface area contributed by atoms with Crippen molar-refractivity contribution in [2.75, 3.05) is 20.6 Å². The van der Waals surface area contributed by atoms with E-state index in [-0.39, 0.29) is 0 Å². The molecule has 2 nitrogen and oxygen atoms in total. The van der Waals surface area contributed by atoms with E-state index in [0.717, 1.165) is 13.1 Å². The van der Waals surface area contributed by atoms with E-state index >= 15 is 0 Å². The Morgan fingerprint density at radius 3 is 2.12 bits per heavy atom. The SMILES string of the molecule is CC(C)NCC(C)c1ccc(CN(C)C)cc1. The van der Waals surface area contributed by atoms with E-state index in [1.54, 1.807) is 0 Å². The van der Waals surface area contributed by atoms with Gasteiger partial charge in [-0.1, -0.05) is 45.0 Å². The topological polar surface area (TPSA) is 15.3 Å². The van der Waals surface area contributed by atoms with Gasteiger partial charge in [0.15, 0.2) is 0 Å². The molecule has 17 heavy (non-hydrogen) atoms. The van der Waals surface area contributed by atoms with Crippen LogP contribution < -0.4 is 5.32 Å². The highest BCUT2D eigenvalue weighted by atomic mass is 15.0. The Labute approximate surface area is 106 Å². The van der Waals surface area contributed by atoms with Crippen LogP contribution in [-0.2, 0) is 6.54 Å². The van der Waals surface area contributed by atoms with Gasteiger partial charge in [-0.15, -0.1) is 0 Å². The molecule has 1 aromatic rings. The molecule has 0 aliphatic rings. The van der Waals surface area contributed by atoms with Crippen LogP contribution in [0.1, 0.15) is 37.8 Å². The van der Waals surface area contributed by atoms with Crippen LogP contribution in [0.15, 0.2) is 24.3 Å². The lowest BCUT2D eigenvalue weighted by Gasteiger charge is -2.16. The predicted octanol–water partition coefficient (Wildman–Crippen LogP) is 2.85. The van der Waals surface area contributed by atoms with Crippen molar-refractivity contribution in [1.29, 1.82) is 0 Å². The minimum atomic E-state index is 0.561. The molecule has 1 aromatic carbocycles. The smallest absolute Gasteiger partial charge is 0.0227 e. The molecule has 0 bridgehead atoms. The lowest BCUT2D eigenvalue weighted by Crippen LogP contribution is -2.26. The Hall–Kier alpha value is -0.860. The zero-order valence-corrected chi connectivity index (χ0v) is 11.8. The summed E-state index contributed by atoms with van der Waals surface area (Å²) in [6.07, 6.45) is 0. The molecule has 0 saturated carbocycles. The van der Waals surface area contributed by atoms with Crippen molar-refractivity contribution >= 4 is 0 Å². The number of nitrogens with one attached hydrogen (secondary N) is 1. The van der Waals surface area contributed by atoms with E-state index in [2.05, 4.69) is 69.3 Å². The third-order valence-corrected chi connectivity index (χ3v) is 2.88. The van der Waals surface area contributed by atoms with Gasteiger partial charge < -0.3 is 10.2 Å². The highest BCUT2D eigenvalue weighted by Crippen LogP contribution is 2.15. The Morgan fingerprint density at radius 1 is 1.06 bits per heavy atom. The summed E-state index contributed by atoms with van der Waals surface area (Å²) in [5.74, 6) is 0.575. The van der Waals surface area contributed by atoms with Crippen molar-refractivity contribution in [2.24, 2.45) is 0 Å². The molecule has 0 fully saturated rings. The molecule has 0 aliphatic carbocycles. The van der Waals surface area contributed by atoms with Gasteiger partial charge in [-0.25, -0.2) is 0 Å². The zero-order valence-electron chi connectivity index (χ0n) is 11.8. The minimum absolute atomic E-state index is 0.561. The van der Waals surface area contributed by atoms with E-state index < -0.39 is 0 Å². The van der Waals surface area contributed by atoms with E-state index in [1.165, 1.54) is 11.1 Å². The molecule has 0 spiro atoms. The third-order valence-electron chi connectivity index (χ3n) is 2.88. The standard InChI is InChI=1S/C15H26N2/c1-12(2)16-10-13(3)15-8-6-14(7-9-15)11-17(4)5/h6-9,12-13,16H,10-11H2,1-5H3. The molecule has 2 heteroatoms. The zero-order chi connectivity index (χ0) is 12.8. The van der Waals surface area contributed by atoms with Gasteiger partial charge in [0.25, 0.3) is 0 Å². The molecule has 0 aromatic heterocycles. The van der Waals surface area contributed by atoms with E-state index in [0.29, 0.717) is 12.0 Å². The fourth-order valence-electron chi connectivity index (χ4n) is 1.85. The van der Waals surface area contributed by atoms with Gasteiger partial charge in [0.2, 0.25) is 0 Å². The average molecular weight is 234 g/mol. The lowest BCUT2D eigenvalue weighted by molar-refractivity contribution is 0.402. The van der Waals surface area contributed by atoms with Crippen molar-refractivity contribution in [3.63, 3.8) is 0 Å². The number of hydrogen-bond acceptors (Lipinski definition) is 2. The fourth-order valence-corrected chi connectivity index (χ4v) is 1.85. The number of nitrogens with zero attached hydrogens (tertiary/aromatic N) is 1. The molecule has 0 radical (unpaired) electrons. The quantitative estimate of drug-likeness (QED) is 0.814. The second-order valence-corrected chi connectivity index (χ2v) is 5.44. The van der Waals surface area contributed by atoms with Crippen LogP contribution in [0.25, 0.3) is 0 Å². The summed E-state index contributed by atoms with van der Waals surface area (Å²) in [7, 11) is 4.20. The van der Waals surface area contributed by atoms with Gasteiger partial charge >= 0.3 is 0 Å². The maximum absolute atomic E-state index is 3.48. The Balaban J connectivity index is 2.54. The fraction of sp³-hybridized carbons (Fsp3) is 0.600. The van der Waals surface area contributed by atoms with E-state index in [4.69, 9.17) is 0 Å². The van der Waals surface area contributed by atoms with Crippen molar-refractivity contribution < 1.29 is 0 Å². The summed E-state index contributed by atoms with van der Waals surface area (Å²) in [5, 5.41) is 3.48. The van der Waals surface area contributed by atoms with Gasteiger partial charge in [0, 0.05) is 19.1 Å². The normalized spacial score (nSPS) is 13.4. The highest BCUT2D eigenvalue weighted by Gasteiger charge is 2.06. The lowest BCUT2D eigenvalue weighted by atomic mass is 9.99. The maximum Gasteiger partial charge on any atom is 0.0227 e. The third kappa shape index (κ3) is 5.33. The molecule has 96 valence electrons. The summed E-state index contributed by atoms with van der Waals surface area (Å²) in [5.41, 5.74) is 2.79. The van der Waals surface area contributed by atoms with Crippen molar-refractivity contribution in [1.82, 2.24) is 10.2 Å². The van der Waals surface area contributed by atoms with Gasteiger partial charge in [0.1, 0.15) is 0 Å². The monoisotopic (exact) mass is 234 g/mol. The van der Waals surface area contributed by atoms with E-state index in [1.807, 2.05) is 0 Å². The minimum Gasteiger partial charge on any atom is -0.314 e. The number of hydrogen-bond donors (Lipinski definition) is 1. The first-order valence-electron chi connectivity index (χ1n) is 6.46. The van der Waals surface area contributed by atoms with Crippen LogP contribution in [-0.4, -0.2) is 31.6 Å². The first-order valence-corrected chi connectivity index (χ1v) is 6.46. The summed E-state index contributed by atoms with van der Waals surface area (Å²) >= 11 is 0. The molecular formula is C15H26N2. The Bertz CT molecular complexity index is 314. The number of benzene rings is 1. The van der Waals surface area contributed by atoms with Crippen molar-refractivity contribution in [2.45, 2.75) is 39.3 Å². The van der Waals surface area contributed by atoms with Crippen LogP contribution in [0, 0.1) is 0 Å². The van der Waals surface area contributed by atoms with Gasteiger partial charge in [-0.2, -0.15) is 0 Å². The molecular weight excluding hydrogens is 208 g/mol. The van der Waals surface area contributed by atoms with Crippen LogP contribution in [0.5, 0.6) is 0 Å². The van der Waals surface area contributed by atoms with Gasteiger partial charge in [0.05, 0.1) is 0 Å². The summed E-state index contributed by atoms with van der Waals surface area (Å²) in [6.45, 7) is 8.71. The van der Waals surface area contributed by atoms with Crippen LogP contribution in [0.2, 0.25) is 0 Å². The van der Waals surface area contributed by atoms with Crippen LogP contribution >= 0.6 is 0 Å². The van der Waals surface area contributed by atoms with E-state index in [9.17, 15) is 0 Å². The molecule has 1 unspecified atom stereocenters. The molecule has 0 heterocycles. The summed E-state index contributed by atoms with van der Waals surface area (Å²) < 4.78 is 0. The van der Waals surface area contributed by atoms with Gasteiger partial charge in [-0.05, 0) is 31.1 Å². The molecule has 1 N–H and O–H groups in total. The Morgan fingerprint density at radius 2 is 1.65 bits per heavy atom. The second-order valence-electron chi connectivity index (χ2n) is 5.44. The van der Waals surface area contributed by atoms with Crippen molar-refractivity contribution in [3.05, 3.63) is 35.4 Å². The molecule has 1 atom stereocenters. The van der Waals surface area contributed by atoms with Gasteiger partial charge in [-0.3, -0.25) is 0 Å². The van der Waals surface area contributed by atoms with Crippen LogP contribution in [0.3, 0.4) is 0 Å². The largest absolute Gasteiger partial charge is 0.314 e. The molecule has 1 rings (SSSR count). The average Bonchev–Trinajstić information content (AvgIpc) is 2.26. The van der Waals surface area contributed by atoms with Crippen molar-refractivity contribution in [3.8, 4) is 0 Å².